The lowest BCUT2D eigenvalue weighted by atomic mass is 10.2. The fourth-order valence-corrected chi connectivity index (χ4v) is 3.56. The van der Waals surface area contributed by atoms with E-state index >= 15 is 0 Å². The number of hydrogen-bond donors (Lipinski definition) is 0. The van der Waals surface area contributed by atoms with E-state index in [9.17, 15) is 4.79 Å². The second kappa shape index (κ2) is 5.71. The summed E-state index contributed by atoms with van der Waals surface area (Å²) in [6.07, 6.45) is 3.39. The summed E-state index contributed by atoms with van der Waals surface area (Å²) in [4.78, 5) is 14.3. The van der Waals surface area contributed by atoms with E-state index in [2.05, 4.69) is 6.58 Å². The van der Waals surface area contributed by atoms with Gasteiger partial charge in [0.25, 0.3) is 5.91 Å². The summed E-state index contributed by atoms with van der Waals surface area (Å²) in [6, 6.07) is 3.52. The van der Waals surface area contributed by atoms with Gasteiger partial charge in [0.15, 0.2) is 11.5 Å². The lowest BCUT2D eigenvalue weighted by Crippen LogP contribution is -2.27. The molecule has 2 aliphatic rings. The lowest BCUT2D eigenvalue weighted by molar-refractivity contribution is -0.121. The Morgan fingerprint density at radius 3 is 3.05 bits per heavy atom. The highest BCUT2D eigenvalue weighted by Crippen LogP contribution is 2.41. The van der Waals surface area contributed by atoms with Crippen LogP contribution in [0.15, 0.2) is 29.7 Å². The number of halogens is 1. The Kier molecular flexibility index (Phi) is 3.93. The Balaban J connectivity index is 1.93. The van der Waals surface area contributed by atoms with Crippen molar-refractivity contribution in [3.05, 3.63) is 40.3 Å². The molecular weight excluding hydrogens is 330 g/mol. The van der Waals surface area contributed by atoms with Crippen LogP contribution in [0.2, 0.25) is 5.02 Å². The molecule has 0 unspecified atom stereocenters. The second-order valence-corrected chi connectivity index (χ2v) is 6.40. The highest BCUT2D eigenvalue weighted by Gasteiger charge is 2.31. The van der Waals surface area contributed by atoms with Crippen LogP contribution in [-0.2, 0) is 4.79 Å². The summed E-state index contributed by atoms with van der Waals surface area (Å²) < 4.78 is 11.1. The van der Waals surface area contributed by atoms with Gasteiger partial charge in [-0.1, -0.05) is 41.7 Å². The van der Waals surface area contributed by atoms with Crippen LogP contribution in [0.4, 0.5) is 0 Å². The fraction of sp³-hybridized carbons (Fsp3) is 0.143. The van der Waals surface area contributed by atoms with E-state index in [4.69, 9.17) is 33.3 Å². The van der Waals surface area contributed by atoms with Gasteiger partial charge in [-0.15, -0.1) is 6.58 Å². The summed E-state index contributed by atoms with van der Waals surface area (Å²) in [6.45, 7) is 4.18. The molecule has 0 aromatic heterocycles. The van der Waals surface area contributed by atoms with E-state index in [1.165, 1.54) is 16.7 Å². The zero-order valence-electron chi connectivity index (χ0n) is 10.8. The molecule has 1 saturated heterocycles. The highest BCUT2D eigenvalue weighted by molar-refractivity contribution is 8.26. The predicted molar refractivity (Wildman–Crippen MR) is 87.7 cm³/mol. The van der Waals surface area contributed by atoms with Gasteiger partial charge in [0, 0.05) is 6.54 Å². The van der Waals surface area contributed by atoms with Crippen molar-refractivity contribution < 1.29 is 14.3 Å². The third-order valence-corrected chi connectivity index (χ3v) is 4.59. The van der Waals surface area contributed by atoms with Crippen molar-refractivity contribution in [3.8, 4) is 11.5 Å². The summed E-state index contributed by atoms with van der Waals surface area (Å²) in [7, 11) is 0. The minimum atomic E-state index is -0.126. The van der Waals surface area contributed by atoms with Gasteiger partial charge in [0.1, 0.15) is 4.32 Å². The van der Waals surface area contributed by atoms with Gasteiger partial charge in [-0.25, -0.2) is 0 Å². The maximum absolute atomic E-state index is 12.2. The largest absolute Gasteiger partial charge is 0.454 e. The predicted octanol–water partition coefficient (Wildman–Crippen LogP) is 3.46. The fourth-order valence-electron chi connectivity index (χ4n) is 2.01. The van der Waals surface area contributed by atoms with Crippen LogP contribution >= 0.6 is 35.6 Å². The summed E-state index contributed by atoms with van der Waals surface area (Å²) in [5, 5.41) is 0.456. The number of fused-ring (bicyclic) bond motifs is 1. The van der Waals surface area contributed by atoms with Crippen molar-refractivity contribution in [1.29, 1.82) is 0 Å². The number of ether oxygens (including phenoxy) is 2. The molecule has 0 N–H and O–H groups in total. The van der Waals surface area contributed by atoms with Crippen LogP contribution in [0.3, 0.4) is 0 Å². The number of benzene rings is 1. The minimum absolute atomic E-state index is 0.126. The monoisotopic (exact) mass is 339 g/mol. The first-order valence-corrected chi connectivity index (χ1v) is 7.66. The van der Waals surface area contributed by atoms with Crippen molar-refractivity contribution >= 4 is 51.9 Å². The SMILES string of the molecule is C=CCN1C(=O)C(=Cc2cc(Cl)c3c(c2)OCO3)SC1=S. The lowest BCUT2D eigenvalue weighted by Gasteiger charge is -2.10. The molecule has 4 nitrogen and oxygen atoms in total. The van der Waals surface area contributed by atoms with Crippen LogP contribution < -0.4 is 9.47 Å². The van der Waals surface area contributed by atoms with Crippen molar-refractivity contribution in [1.82, 2.24) is 4.90 Å². The van der Waals surface area contributed by atoms with Gasteiger partial charge in [0.05, 0.1) is 9.93 Å². The first-order chi connectivity index (χ1) is 10.1. The van der Waals surface area contributed by atoms with Crippen LogP contribution in [0.5, 0.6) is 11.5 Å². The molecule has 0 bridgehead atoms. The van der Waals surface area contributed by atoms with Crippen LogP contribution in [-0.4, -0.2) is 28.5 Å². The number of carbonyl (C=O) groups is 1. The highest BCUT2D eigenvalue weighted by atomic mass is 35.5. The maximum atomic E-state index is 12.2. The van der Waals surface area contributed by atoms with Gasteiger partial charge in [0.2, 0.25) is 6.79 Å². The smallest absolute Gasteiger partial charge is 0.266 e. The molecule has 0 saturated carbocycles. The number of carbonyl (C=O) groups excluding carboxylic acids is 1. The van der Waals surface area contributed by atoms with Crippen molar-refractivity contribution in [3.63, 3.8) is 0 Å². The average Bonchev–Trinajstić information content (AvgIpc) is 3.00. The second-order valence-electron chi connectivity index (χ2n) is 4.32. The van der Waals surface area contributed by atoms with Gasteiger partial charge < -0.3 is 9.47 Å². The van der Waals surface area contributed by atoms with Gasteiger partial charge in [-0.2, -0.15) is 0 Å². The molecule has 7 heteroatoms. The van der Waals surface area contributed by atoms with Gasteiger partial charge in [-0.05, 0) is 23.8 Å². The molecule has 21 heavy (non-hydrogen) atoms. The number of thiocarbonyl (C=S) groups is 1. The molecule has 108 valence electrons. The molecular formula is C14H10ClNO3S2. The quantitative estimate of drug-likeness (QED) is 0.479. The molecule has 2 aliphatic heterocycles. The molecule has 0 aliphatic carbocycles. The molecule has 0 atom stereocenters. The third-order valence-electron chi connectivity index (χ3n) is 2.93. The number of rotatable bonds is 3. The molecule has 2 heterocycles. The van der Waals surface area contributed by atoms with Gasteiger partial charge in [-0.3, -0.25) is 9.69 Å². The average molecular weight is 340 g/mol. The summed E-state index contributed by atoms with van der Waals surface area (Å²) >= 11 is 12.6. The van der Waals surface area contributed by atoms with Crippen LogP contribution in [0.25, 0.3) is 6.08 Å². The Morgan fingerprint density at radius 1 is 1.48 bits per heavy atom. The standard InChI is InChI=1S/C14H10ClNO3S2/c1-2-3-16-13(17)11(21-14(16)20)6-8-4-9(15)12-10(5-8)18-7-19-12/h2,4-6H,1,3,7H2. The molecule has 1 aromatic rings. The molecule has 1 fully saturated rings. The van der Waals surface area contributed by atoms with E-state index in [0.29, 0.717) is 32.3 Å². The maximum Gasteiger partial charge on any atom is 0.266 e. The van der Waals surface area contributed by atoms with Crippen molar-refractivity contribution in [2.24, 2.45) is 0 Å². The number of thioether (sulfide) groups is 1. The summed E-state index contributed by atoms with van der Waals surface area (Å²) in [5.74, 6) is 0.988. The molecule has 1 aromatic carbocycles. The first-order valence-electron chi connectivity index (χ1n) is 6.05. The zero-order valence-corrected chi connectivity index (χ0v) is 13.2. The molecule has 0 radical (unpaired) electrons. The normalized spacial score (nSPS) is 18.7. The number of amides is 1. The van der Waals surface area contributed by atoms with Crippen LogP contribution in [0.1, 0.15) is 5.56 Å². The van der Waals surface area contributed by atoms with Crippen molar-refractivity contribution in [2.45, 2.75) is 0 Å². The van der Waals surface area contributed by atoms with E-state index < -0.39 is 0 Å². The Bertz CT molecular complexity index is 687. The van der Waals surface area contributed by atoms with E-state index in [1.54, 1.807) is 24.3 Å². The van der Waals surface area contributed by atoms with Crippen molar-refractivity contribution in [2.75, 3.05) is 13.3 Å². The molecule has 1 amide bonds. The molecule has 3 rings (SSSR count). The van der Waals surface area contributed by atoms with E-state index in [0.717, 1.165) is 5.56 Å². The topological polar surface area (TPSA) is 38.8 Å². The Hall–Kier alpha value is -1.50. The number of hydrogen-bond acceptors (Lipinski definition) is 5. The summed E-state index contributed by atoms with van der Waals surface area (Å²) in [5.41, 5.74) is 0.767. The van der Waals surface area contributed by atoms with Crippen LogP contribution in [0, 0.1) is 0 Å². The number of nitrogens with zero attached hydrogens (tertiary/aromatic N) is 1. The van der Waals surface area contributed by atoms with Gasteiger partial charge >= 0.3 is 0 Å². The molecule has 0 spiro atoms. The Labute approximate surface area is 136 Å². The first kappa shape index (κ1) is 14.4. The van der Waals surface area contributed by atoms with E-state index in [-0.39, 0.29) is 12.7 Å². The zero-order chi connectivity index (χ0) is 15.0. The van der Waals surface area contributed by atoms with E-state index in [1.807, 2.05) is 0 Å². The minimum Gasteiger partial charge on any atom is -0.454 e. The Morgan fingerprint density at radius 2 is 2.29 bits per heavy atom. The third kappa shape index (κ3) is 2.66.